The van der Waals surface area contributed by atoms with E-state index in [4.69, 9.17) is 4.74 Å². The van der Waals surface area contributed by atoms with Crippen molar-refractivity contribution in [3.8, 4) is 0 Å². The number of ether oxygens (including phenoxy) is 2. The molecule has 5 nitrogen and oxygen atoms in total. The van der Waals surface area contributed by atoms with E-state index in [0.29, 0.717) is 6.54 Å². The third-order valence-electron chi connectivity index (χ3n) is 2.69. The fraction of sp³-hybridized carbons (Fsp3) is 0.500. The summed E-state index contributed by atoms with van der Waals surface area (Å²) in [4.78, 5) is 23.6. The van der Waals surface area contributed by atoms with Crippen LogP contribution in [0.2, 0.25) is 0 Å². The van der Waals surface area contributed by atoms with Gasteiger partial charge in [-0.15, -0.1) is 0 Å². The quantitative estimate of drug-likeness (QED) is 0.813. The molecule has 21 heavy (non-hydrogen) atoms. The second-order valence-electron chi connectivity index (χ2n) is 5.73. The Morgan fingerprint density at radius 3 is 2.33 bits per heavy atom. The van der Waals surface area contributed by atoms with E-state index >= 15 is 0 Å². The lowest BCUT2D eigenvalue weighted by Gasteiger charge is -2.24. The van der Waals surface area contributed by atoms with Gasteiger partial charge in [-0.25, -0.2) is 0 Å². The van der Waals surface area contributed by atoms with Crippen LogP contribution in [-0.4, -0.2) is 30.7 Å². The van der Waals surface area contributed by atoms with E-state index in [-0.39, 0.29) is 6.42 Å². The maximum Gasteiger partial charge on any atom is 0.324 e. The molecule has 0 bridgehead atoms. The minimum Gasteiger partial charge on any atom is -0.469 e. The number of hydrogen-bond donors (Lipinski definition) is 1. The van der Waals surface area contributed by atoms with Gasteiger partial charge in [-0.3, -0.25) is 14.9 Å². The van der Waals surface area contributed by atoms with Gasteiger partial charge >= 0.3 is 11.9 Å². The summed E-state index contributed by atoms with van der Waals surface area (Å²) >= 11 is 0. The van der Waals surface area contributed by atoms with Crippen molar-refractivity contribution in [3.05, 3.63) is 35.9 Å². The molecular weight excluding hydrogens is 270 g/mol. The zero-order valence-electron chi connectivity index (χ0n) is 13.0. The molecule has 0 heterocycles. The van der Waals surface area contributed by atoms with Crippen molar-refractivity contribution in [2.75, 3.05) is 7.11 Å². The zero-order valence-corrected chi connectivity index (χ0v) is 13.0. The molecule has 0 aliphatic heterocycles. The number of esters is 2. The monoisotopic (exact) mass is 293 g/mol. The number of carbonyl (C=O) groups excluding carboxylic acids is 2. The third-order valence-corrected chi connectivity index (χ3v) is 2.69. The van der Waals surface area contributed by atoms with E-state index in [1.807, 2.05) is 30.3 Å². The molecule has 0 spiro atoms. The van der Waals surface area contributed by atoms with Crippen molar-refractivity contribution < 1.29 is 19.1 Å². The van der Waals surface area contributed by atoms with E-state index in [9.17, 15) is 9.59 Å². The Morgan fingerprint density at radius 1 is 1.19 bits per heavy atom. The van der Waals surface area contributed by atoms with Crippen molar-refractivity contribution in [1.29, 1.82) is 0 Å². The molecule has 1 aromatic rings. The van der Waals surface area contributed by atoms with E-state index in [0.717, 1.165) is 5.56 Å². The average Bonchev–Trinajstić information content (AvgIpc) is 2.42. The lowest BCUT2D eigenvalue weighted by molar-refractivity contribution is -0.160. The Hall–Kier alpha value is -1.88. The minimum atomic E-state index is -0.725. The second-order valence-corrected chi connectivity index (χ2v) is 5.73. The standard InChI is InChI=1S/C16H23NO4/c1-16(2,3)21-15(19)13(10-14(18)20-4)17-11-12-8-6-5-7-9-12/h5-9,13,17H,10-11H2,1-4H3. The van der Waals surface area contributed by atoms with Gasteiger partial charge in [0.25, 0.3) is 0 Å². The number of nitrogens with one attached hydrogen (secondary N) is 1. The summed E-state index contributed by atoms with van der Waals surface area (Å²) in [5, 5.41) is 3.05. The second kappa shape index (κ2) is 7.78. The normalized spacial score (nSPS) is 12.6. The Labute approximate surface area is 125 Å². The number of hydrogen-bond acceptors (Lipinski definition) is 5. The highest BCUT2D eigenvalue weighted by Gasteiger charge is 2.27. The molecule has 5 heteroatoms. The number of carbonyl (C=O) groups is 2. The van der Waals surface area contributed by atoms with Crippen molar-refractivity contribution in [1.82, 2.24) is 5.32 Å². The maximum atomic E-state index is 12.1. The number of benzene rings is 1. The van der Waals surface area contributed by atoms with Gasteiger partial charge in [0.2, 0.25) is 0 Å². The van der Waals surface area contributed by atoms with Crippen LogP contribution in [0.5, 0.6) is 0 Å². The zero-order chi connectivity index (χ0) is 15.9. The predicted molar refractivity (Wildman–Crippen MR) is 79.5 cm³/mol. The maximum absolute atomic E-state index is 12.1. The van der Waals surface area contributed by atoms with Gasteiger partial charge < -0.3 is 9.47 Å². The molecule has 0 aliphatic rings. The molecule has 1 aromatic carbocycles. The van der Waals surface area contributed by atoms with Crippen LogP contribution in [0, 0.1) is 0 Å². The molecule has 1 atom stereocenters. The summed E-state index contributed by atoms with van der Waals surface area (Å²) in [6, 6.07) is 8.91. The van der Waals surface area contributed by atoms with Crippen molar-refractivity contribution >= 4 is 11.9 Å². The Bertz CT molecular complexity index is 465. The average molecular weight is 293 g/mol. The van der Waals surface area contributed by atoms with Gasteiger partial charge in [0, 0.05) is 6.54 Å². The largest absolute Gasteiger partial charge is 0.469 e. The highest BCUT2D eigenvalue weighted by Crippen LogP contribution is 2.11. The molecule has 0 saturated heterocycles. The van der Waals surface area contributed by atoms with E-state index < -0.39 is 23.6 Å². The first kappa shape index (κ1) is 17.2. The van der Waals surface area contributed by atoms with Crippen molar-refractivity contribution in [3.63, 3.8) is 0 Å². The lowest BCUT2D eigenvalue weighted by atomic mass is 10.1. The summed E-state index contributed by atoms with van der Waals surface area (Å²) in [7, 11) is 1.30. The summed E-state index contributed by atoms with van der Waals surface area (Å²) in [6.45, 7) is 5.84. The van der Waals surface area contributed by atoms with Crippen LogP contribution in [0.3, 0.4) is 0 Å². The molecule has 0 radical (unpaired) electrons. The molecule has 0 fully saturated rings. The third kappa shape index (κ3) is 6.90. The van der Waals surface area contributed by atoms with E-state index in [1.165, 1.54) is 7.11 Å². The SMILES string of the molecule is COC(=O)CC(NCc1ccccc1)C(=O)OC(C)(C)C. The molecule has 0 aliphatic carbocycles. The van der Waals surface area contributed by atoms with Crippen LogP contribution in [-0.2, 0) is 25.6 Å². The van der Waals surface area contributed by atoms with Crippen LogP contribution < -0.4 is 5.32 Å². The topological polar surface area (TPSA) is 64.6 Å². The van der Waals surface area contributed by atoms with Crippen LogP contribution >= 0.6 is 0 Å². The molecule has 0 saturated carbocycles. The smallest absolute Gasteiger partial charge is 0.324 e. The number of methoxy groups -OCH3 is 1. The van der Waals surface area contributed by atoms with Crippen LogP contribution in [0.1, 0.15) is 32.8 Å². The van der Waals surface area contributed by atoms with Crippen molar-refractivity contribution in [2.45, 2.75) is 45.4 Å². The molecule has 1 unspecified atom stereocenters. The van der Waals surface area contributed by atoms with Gasteiger partial charge in [0.05, 0.1) is 13.5 Å². The molecular formula is C16H23NO4. The van der Waals surface area contributed by atoms with Gasteiger partial charge in [-0.1, -0.05) is 30.3 Å². The van der Waals surface area contributed by atoms with Gasteiger partial charge in [-0.05, 0) is 26.3 Å². The summed E-state index contributed by atoms with van der Waals surface area (Å²) in [6.07, 6.45) is -0.0573. The molecule has 1 N–H and O–H groups in total. The predicted octanol–water partition coefficient (Wildman–Crippen LogP) is 2.05. The van der Waals surface area contributed by atoms with Crippen LogP contribution in [0.15, 0.2) is 30.3 Å². The summed E-state index contributed by atoms with van der Waals surface area (Å²) in [5.74, 6) is -0.907. The summed E-state index contributed by atoms with van der Waals surface area (Å²) < 4.78 is 9.95. The lowest BCUT2D eigenvalue weighted by Crippen LogP contribution is -2.42. The molecule has 116 valence electrons. The highest BCUT2D eigenvalue weighted by atomic mass is 16.6. The first-order valence-corrected chi connectivity index (χ1v) is 6.89. The first-order chi connectivity index (χ1) is 9.81. The molecule has 0 aromatic heterocycles. The van der Waals surface area contributed by atoms with Gasteiger partial charge in [0.15, 0.2) is 0 Å². The summed E-state index contributed by atoms with van der Waals surface area (Å²) in [5.41, 5.74) is 0.427. The van der Waals surface area contributed by atoms with Crippen molar-refractivity contribution in [2.24, 2.45) is 0 Å². The number of rotatable bonds is 6. The van der Waals surface area contributed by atoms with Gasteiger partial charge in [0.1, 0.15) is 11.6 Å². The van der Waals surface area contributed by atoms with E-state index in [1.54, 1.807) is 20.8 Å². The highest BCUT2D eigenvalue weighted by molar-refractivity contribution is 5.82. The molecule has 1 rings (SSSR count). The fourth-order valence-electron chi connectivity index (χ4n) is 1.70. The Kier molecular flexibility index (Phi) is 6.37. The Morgan fingerprint density at radius 2 is 1.81 bits per heavy atom. The molecule has 0 amide bonds. The van der Waals surface area contributed by atoms with Crippen LogP contribution in [0.25, 0.3) is 0 Å². The van der Waals surface area contributed by atoms with Gasteiger partial charge in [-0.2, -0.15) is 0 Å². The first-order valence-electron chi connectivity index (χ1n) is 6.89. The Balaban J connectivity index is 2.68. The van der Waals surface area contributed by atoms with E-state index in [2.05, 4.69) is 10.1 Å². The van der Waals surface area contributed by atoms with Crippen LogP contribution in [0.4, 0.5) is 0 Å². The fourth-order valence-corrected chi connectivity index (χ4v) is 1.70. The minimum absolute atomic E-state index is 0.0573.